The Labute approximate surface area is 381 Å². The molecule has 0 saturated carbocycles. The van der Waals surface area contributed by atoms with Crippen molar-refractivity contribution in [3.8, 4) is 0 Å². The van der Waals surface area contributed by atoms with E-state index in [2.05, 4.69) is 5.32 Å². The number of rotatable bonds is 13. The molecule has 18 atom stereocenters. The lowest BCUT2D eigenvalue weighted by Gasteiger charge is -2.50. The molecule has 4 fully saturated rings. The van der Waals surface area contributed by atoms with Crippen molar-refractivity contribution in [1.29, 1.82) is 0 Å². The van der Waals surface area contributed by atoms with Gasteiger partial charge in [-0.25, -0.2) is 4.79 Å². The largest absolute Gasteiger partial charge is 0.458 e. The topological polar surface area (TPSA) is 184 Å². The van der Waals surface area contributed by atoms with Gasteiger partial charge in [-0.2, -0.15) is 0 Å². The number of hydrogen-bond acceptors (Lipinski definition) is 15. The molecule has 1 aromatic rings. The predicted molar refractivity (Wildman–Crippen MR) is 238 cm³/mol. The van der Waals surface area contributed by atoms with E-state index < -0.39 is 108 Å². The number of Topliss-reactive ketones (excluding diaryl/α,β-unsaturated/α-hetero) is 1. The summed E-state index contributed by atoms with van der Waals surface area (Å²) in [5.41, 5.74) is -2.61. The molecule has 4 heterocycles. The summed E-state index contributed by atoms with van der Waals surface area (Å²) in [6.07, 6.45) is -7.41. The first-order valence-corrected chi connectivity index (χ1v) is 23.3. The Bertz CT molecular complexity index is 1710. The molecule has 5 rings (SSSR count). The molecule has 364 valence electrons. The van der Waals surface area contributed by atoms with Crippen molar-refractivity contribution in [2.75, 3.05) is 41.4 Å². The molecule has 64 heavy (non-hydrogen) atoms. The van der Waals surface area contributed by atoms with Gasteiger partial charge in [0.15, 0.2) is 18.2 Å². The van der Waals surface area contributed by atoms with Crippen LogP contribution in [-0.4, -0.2) is 163 Å². The van der Waals surface area contributed by atoms with Crippen molar-refractivity contribution in [3.05, 3.63) is 35.9 Å². The van der Waals surface area contributed by atoms with Gasteiger partial charge < -0.3 is 58.3 Å². The Morgan fingerprint density at radius 3 is 2.16 bits per heavy atom. The van der Waals surface area contributed by atoms with Crippen LogP contribution in [0.5, 0.6) is 0 Å². The molecule has 1 unspecified atom stereocenters. The van der Waals surface area contributed by atoms with Gasteiger partial charge in [0.1, 0.15) is 24.1 Å². The lowest BCUT2D eigenvalue weighted by Crippen LogP contribution is -2.62. The summed E-state index contributed by atoms with van der Waals surface area (Å²) in [6, 6.07) is 8.83. The maximum absolute atomic E-state index is 15.0. The van der Waals surface area contributed by atoms with E-state index in [4.69, 9.17) is 37.9 Å². The minimum absolute atomic E-state index is 0.131. The lowest BCUT2D eigenvalue weighted by molar-refractivity contribution is -0.319. The van der Waals surface area contributed by atoms with Gasteiger partial charge in [-0.05, 0) is 80.5 Å². The van der Waals surface area contributed by atoms with Crippen molar-refractivity contribution in [2.24, 2.45) is 23.7 Å². The fourth-order valence-corrected chi connectivity index (χ4v) is 10.9. The quantitative estimate of drug-likeness (QED) is 0.183. The number of methoxy groups -OCH3 is 2. The molecule has 16 nitrogen and oxygen atoms in total. The van der Waals surface area contributed by atoms with Crippen LogP contribution in [0.2, 0.25) is 0 Å². The fourth-order valence-electron chi connectivity index (χ4n) is 10.9. The van der Waals surface area contributed by atoms with Gasteiger partial charge >= 0.3 is 12.1 Å². The molecule has 0 bridgehead atoms. The summed E-state index contributed by atoms with van der Waals surface area (Å²) < 4.78 is 51.5. The van der Waals surface area contributed by atoms with E-state index in [1.165, 1.54) is 7.11 Å². The van der Waals surface area contributed by atoms with E-state index in [0.717, 1.165) is 5.56 Å². The minimum atomic E-state index is -1.41. The van der Waals surface area contributed by atoms with Crippen LogP contribution < -0.4 is 5.32 Å². The number of likely N-dealkylation sites (N-methyl/N-ethyl adjacent to an activating group) is 1. The van der Waals surface area contributed by atoms with Crippen LogP contribution in [0.25, 0.3) is 0 Å². The van der Waals surface area contributed by atoms with Crippen LogP contribution in [0.15, 0.2) is 30.3 Å². The highest BCUT2D eigenvalue weighted by atomic mass is 16.7. The van der Waals surface area contributed by atoms with E-state index in [9.17, 15) is 24.6 Å². The van der Waals surface area contributed by atoms with Crippen molar-refractivity contribution >= 4 is 17.8 Å². The summed E-state index contributed by atoms with van der Waals surface area (Å²) in [6.45, 7) is 19.4. The Kier molecular flexibility index (Phi) is 17.5. The Morgan fingerprint density at radius 2 is 1.55 bits per heavy atom. The third kappa shape index (κ3) is 11.0. The number of hydrogen-bond donors (Lipinski definition) is 3. The SMILES string of the molecule is CC[C@H]1OC(=O)[C@H](C)[C@@H](O[C@H]2C[C@@](C)(OC)[C@@H](O)[C@H](C)O2)[C@H](C)[C@@H](O[C@@H]2O[C@H](C)C[C@H](N(C)C)[C@H]2O)[C@](C)(OC)C[C@@H](C)C(=O)[C@H](C)C2N(CCNCc3ccccc3)C(=O)O[C@@]21C. The fraction of sp³-hybridized carbons (Fsp3) is 0.812. The average Bonchev–Trinajstić information content (AvgIpc) is 3.52. The Hall–Kier alpha value is -2.77. The number of carbonyl (C=O) groups is 3. The molecule has 0 spiro atoms. The number of aliphatic hydroxyl groups is 2. The Balaban J connectivity index is 1.59. The first-order valence-electron chi connectivity index (χ1n) is 23.3. The molecule has 0 radical (unpaired) electrons. The van der Waals surface area contributed by atoms with Gasteiger partial charge in [-0.3, -0.25) is 14.5 Å². The molecule has 4 saturated heterocycles. The number of fused-ring (bicyclic) bond motifs is 1. The second-order valence-corrected chi connectivity index (χ2v) is 19.8. The molecule has 16 heteroatoms. The highest BCUT2D eigenvalue weighted by molar-refractivity contribution is 5.85. The zero-order valence-electron chi connectivity index (χ0n) is 40.8. The summed E-state index contributed by atoms with van der Waals surface area (Å²) in [7, 11) is 6.87. The van der Waals surface area contributed by atoms with E-state index in [1.807, 2.05) is 90.9 Å². The summed E-state index contributed by atoms with van der Waals surface area (Å²) in [5.74, 6) is -3.87. The molecule has 0 aromatic heterocycles. The number of benzene rings is 1. The summed E-state index contributed by atoms with van der Waals surface area (Å²) in [5, 5.41) is 26.3. The molecular formula is C48H79N3O13. The minimum Gasteiger partial charge on any atom is -0.458 e. The van der Waals surface area contributed by atoms with E-state index in [-0.39, 0.29) is 43.7 Å². The molecule has 3 N–H and O–H groups in total. The monoisotopic (exact) mass is 906 g/mol. The maximum atomic E-state index is 15.0. The van der Waals surface area contributed by atoms with Gasteiger partial charge in [-0.1, -0.05) is 58.0 Å². The summed E-state index contributed by atoms with van der Waals surface area (Å²) >= 11 is 0. The highest BCUT2D eigenvalue weighted by Gasteiger charge is 2.61. The zero-order chi connectivity index (χ0) is 47.5. The zero-order valence-corrected chi connectivity index (χ0v) is 40.8. The number of ether oxygens (including phenoxy) is 8. The van der Waals surface area contributed by atoms with Crippen LogP contribution in [0.3, 0.4) is 0 Å². The number of nitrogens with zero attached hydrogens (tertiary/aromatic N) is 2. The first kappa shape index (κ1) is 52.2. The molecule has 4 aliphatic rings. The van der Waals surface area contributed by atoms with Gasteiger partial charge in [0.25, 0.3) is 0 Å². The second-order valence-electron chi connectivity index (χ2n) is 19.8. The number of nitrogens with one attached hydrogen (secondary N) is 1. The lowest BCUT2D eigenvalue weighted by atomic mass is 9.73. The molecule has 1 amide bonds. The number of aliphatic hydroxyl groups excluding tert-OH is 2. The van der Waals surface area contributed by atoms with Crippen molar-refractivity contribution in [2.45, 2.75) is 186 Å². The average molecular weight is 906 g/mol. The van der Waals surface area contributed by atoms with Crippen LogP contribution in [-0.2, 0) is 54.0 Å². The predicted octanol–water partition coefficient (Wildman–Crippen LogP) is 4.70. The van der Waals surface area contributed by atoms with Crippen LogP contribution in [0.4, 0.5) is 4.79 Å². The van der Waals surface area contributed by atoms with Gasteiger partial charge in [0, 0.05) is 64.1 Å². The van der Waals surface area contributed by atoms with Crippen LogP contribution in [0, 0.1) is 23.7 Å². The molecular weight excluding hydrogens is 827 g/mol. The van der Waals surface area contributed by atoms with Crippen LogP contribution in [0.1, 0.15) is 100 Å². The van der Waals surface area contributed by atoms with Gasteiger partial charge in [0.2, 0.25) is 0 Å². The smallest absolute Gasteiger partial charge is 0.410 e. The number of ketones is 1. The van der Waals surface area contributed by atoms with Crippen molar-refractivity contribution in [1.82, 2.24) is 15.1 Å². The number of amides is 1. The third-order valence-electron chi connectivity index (χ3n) is 14.8. The molecule has 4 aliphatic heterocycles. The number of cyclic esters (lactones) is 1. The normalized spacial score (nSPS) is 42.8. The van der Waals surface area contributed by atoms with Crippen molar-refractivity contribution in [3.63, 3.8) is 0 Å². The second kappa shape index (κ2) is 21.5. The highest BCUT2D eigenvalue weighted by Crippen LogP contribution is 2.44. The van der Waals surface area contributed by atoms with E-state index in [0.29, 0.717) is 19.5 Å². The number of carbonyl (C=O) groups excluding carboxylic acids is 3. The van der Waals surface area contributed by atoms with E-state index in [1.54, 1.807) is 39.7 Å². The Morgan fingerprint density at radius 1 is 0.891 bits per heavy atom. The van der Waals surface area contributed by atoms with Crippen molar-refractivity contribution < 1.29 is 62.5 Å². The molecule has 0 aliphatic carbocycles. The van der Waals surface area contributed by atoms with Gasteiger partial charge in [-0.15, -0.1) is 0 Å². The summed E-state index contributed by atoms with van der Waals surface area (Å²) in [4.78, 5) is 47.4. The van der Waals surface area contributed by atoms with Gasteiger partial charge in [0.05, 0.1) is 47.6 Å². The van der Waals surface area contributed by atoms with Crippen LogP contribution >= 0.6 is 0 Å². The first-order chi connectivity index (χ1) is 30.0. The van der Waals surface area contributed by atoms with E-state index >= 15 is 0 Å². The maximum Gasteiger partial charge on any atom is 0.410 e. The molecule has 1 aromatic carbocycles. The standard InChI is InChI=1S/C48H79N3O13/c1-15-35-48(10)40(51(45(56)64-48)22-21-49-26-33-19-17-16-18-20-33)29(4)37(52)27(2)24-47(9,58-14)42(63-44-38(53)34(50(11)12)23-28(3)59-44)30(5)39(31(6)43(55)61-35)62-36-25-46(8,57-13)41(54)32(7)60-36/h16-20,27-32,34-36,38-42,44,49,53-54H,15,21-26H2,1-14H3/t27-,28-,29+,30+,31-,32+,34+,35-,36+,38-,39+,40?,41+,42-,44+,46-,47-,48-/m1/s1. The number of esters is 1. The third-order valence-corrected chi connectivity index (χ3v) is 14.8.